The lowest BCUT2D eigenvalue weighted by Gasteiger charge is -2.09. The Morgan fingerprint density at radius 2 is 1.21 bits per heavy atom. The van der Waals surface area contributed by atoms with Crippen molar-refractivity contribution >= 4 is 56.4 Å². The molecule has 0 aliphatic heterocycles. The topological polar surface area (TPSA) is 241 Å². The first-order chi connectivity index (χ1) is 25.2. The summed E-state index contributed by atoms with van der Waals surface area (Å²) in [5.41, 5.74) is 3.38. The molecule has 0 saturated carbocycles. The second-order valence-electron chi connectivity index (χ2n) is 12.1. The summed E-state index contributed by atoms with van der Waals surface area (Å²) in [5, 5.41) is 22.3. The molecule has 5 amide bonds. The third-order valence-corrected chi connectivity index (χ3v) is 9.40. The number of hydrogen-bond acceptors (Lipinski definition) is 10. The maximum absolute atomic E-state index is 13.0. The Morgan fingerprint density at radius 1 is 0.698 bits per heavy atom. The van der Waals surface area contributed by atoms with Gasteiger partial charge in [0.1, 0.15) is 0 Å². The molecule has 0 radical (unpaired) electrons. The van der Waals surface area contributed by atoms with Gasteiger partial charge in [0.05, 0.1) is 41.7 Å². The van der Waals surface area contributed by atoms with E-state index in [9.17, 15) is 37.2 Å². The molecule has 3 aromatic rings. The average Bonchev–Trinajstić information content (AvgIpc) is 3.57. The number of sulfonamides is 1. The maximum atomic E-state index is 13.0. The van der Waals surface area contributed by atoms with E-state index in [1.807, 2.05) is 31.2 Å². The van der Waals surface area contributed by atoms with E-state index in [1.165, 1.54) is 19.1 Å². The minimum absolute atomic E-state index is 0.0270. The number of nitrogens with zero attached hydrogens (tertiary/aromatic N) is 2. The zero-order chi connectivity index (χ0) is 38.8. The van der Waals surface area contributed by atoms with E-state index in [1.54, 1.807) is 22.9 Å². The molecule has 0 bridgehead atoms. The summed E-state index contributed by atoms with van der Waals surface area (Å²) in [4.78, 5) is 71.0. The number of nitrogens with two attached hydrogens (primary N) is 1. The molecule has 16 nitrogen and oxygen atoms in total. The molecular formula is C35H46N8O8S2. The van der Waals surface area contributed by atoms with Crippen LogP contribution in [0.25, 0.3) is 16.9 Å². The lowest BCUT2D eigenvalue weighted by Crippen LogP contribution is -2.44. The van der Waals surface area contributed by atoms with Crippen LogP contribution < -0.4 is 31.7 Å². The maximum Gasteiger partial charge on any atom is 0.271 e. The fourth-order valence-corrected chi connectivity index (χ4v) is 5.77. The number of unbranched alkanes of at least 4 members (excludes halogenated alkanes) is 5. The van der Waals surface area contributed by atoms with E-state index in [-0.39, 0.29) is 52.9 Å². The highest BCUT2D eigenvalue weighted by Crippen LogP contribution is 2.25. The normalized spacial score (nSPS) is 11.0. The molecule has 7 N–H and O–H groups in total. The van der Waals surface area contributed by atoms with Crippen LogP contribution in [0.15, 0.2) is 59.5 Å². The molecule has 0 fully saturated rings. The van der Waals surface area contributed by atoms with E-state index in [0.717, 1.165) is 61.4 Å². The molecule has 0 aliphatic carbocycles. The quantitative estimate of drug-likeness (QED) is 0.0849. The van der Waals surface area contributed by atoms with E-state index in [4.69, 9.17) is 5.14 Å². The van der Waals surface area contributed by atoms with Crippen LogP contribution in [-0.4, -0.2) is 91.3 Å². The number of thioether (sulfide) groups is 1. The van der Waals surface area contributed by atoms with Gasteiger partial charge in [-0.25, -0.2) is 18.2 Å². The largest absolute Gasteiger partial charge is 0.355 e. The zero-order valence-corrected chi connectivity index (χ0v) is 31.4. The Labute approximate surface area is 312 Å². The van der Waals surface area contributed by atoms with Crippen molar-refractivity contribution in [2.24, 2.45) is 5.14 Å². The molecule has 0 aliphatic rings. The van der Waals surface area contributed by atoms with Gasteiger partial charge in [0.15, 0.2) is 10.8 Å². The van der Waals surface area contributed by atoms with Crippen LogP contribution in [0.5, 0.6) is 0 Å². The van der Waals surface area contributed by atoms with Gasteiger partial charge in [-0.1, -0.05) is 67.3 Å². The molecule has 0 unspecified atom stereocenters. The number of hydrogen-bond donors (Lipinski definition) is 6. The lowest BCUT2D eigenvalue weighted by atomic mass is 10.1. The summed E-state index contributed by atoms with van der Waals surface area (Å²) in [5.74, 6) is -2.38. The molecule has 286 valence electrons. The molecule has 18 heteroatoms. The zero-order valence-electron chi connectivity index (χ0n) is 29.7. The van der Waals surface area contributed by atoms with E-state index < -0.39 is 27.7 Å². The van der Waals surface area contributed by atoms with Crippen LogP contribution in [0.3, 0.4) is 0 Å². The highest BCUT2D eigenvalue weighted by Gasteiger charge is 2.18. The van der Waals surface area contributed by atoms with Crippen molar-refractivity contribution in [3.63, 3.8) is 0 Å². The van der Waals surface area contributed by atoms with Crippen LogP contribution in [0.1, 0.15) is 61.5 Å². The number of aryl methyl sites for hydroxylation is 1. The minimum Gasteiger partial charge on any atom is -0.355 e. The molecule has 53 heavy (non-hydrogen) atoms. The lowest BCUT2D eigenvalue weighted by molar-refractivity contribution is -0.128. The van der Waals surface area contributed by atoms with Gasteiger partial charge in [0.2, 0.25) is 33.7 Å². The van der Waals surface area contributed by atoms with Gasteiger partial charge >= 0.3 is 0 Å². The summed E-state index contributed by atoms with van der Waals surface area (Å²) in [6.07, 6.45) is 5.24. The van der Waals surface area contributed by atoms with Gasteiger partial charge in [0, 0.05) is 25.6 Å². The van der Waals surface area contributed by atoms with Crippen molar-refractivity contribution in [1.82, 2.24) is 36.4 Å². The number of aromatic nitrogens is 2. The molecule has 2 aromatic carbocycles. The van der Waals surface area contributed by atoms with Gasteiger partial charge in [0.25, 0.3) is 5.91 Å². The summed E-state index contributed by atoms with van der Waals surface area (Å²) in [6.45, 7) is 3.31. The molecule has 0 atom stereocenters. The monoisotopic (exact) mass is 770 g/mol. The molecule has 3 rings (SSSR count). The van der Waals surface area contributed by atoms with Crippen LogP contribution in [-0.2, 0) is 34.0 Å². The average molecular weight is 771 g/mol. The number of carbonyl (C=O) groups is 6. The van der Waals surface area contributed by atoms with Crippen molar-refractivity contribution < 1.29 is 37.2 Å². The Kier molecular flexibility index (Phi) is 17.1. The van der Waals surface area contributed by atoms with Crippen molar-refractivity contribution in [2.75, 3.05) is 38.5 Å². The summed E-state index contributed by atoms with van der Waals surface area (Å²) in [7, 11) is -3.86. The van der Waals surface area contributed by atoms with E-state index >= 15 is 0 Å². The van der Waals surface area contributed by atoms with Crippen molar-refractivity contribution in [3.8, 4) is 16.9 Å². The van der Waals surface area contributed by atoms with Crippen LogP contribution in [0.4, 0.5) is 0 Å². The third kappa shape index (κ3) is 15.6. The van der Waals surface area contributed by atoms with Gasteiger partial charge < -0.3 is 26.6 Å². The number of primary sulfonamides is 1. The predicted molar refractivity (Wildman–Crippen MR) is 200 cm³/mol. The number of rotatable bonds is 21. The minimum atomic E-state index is -3.86. The summed E-state index contributed by atoms with van der Waals surface area (Å²) in [6, 6.07) is 15.4. The van der Waals surface area contributed by atoms with Crippen molar-refractivity contribution in [3.05, 3.63) is 65.9 Å². The molecular weight excluding hydrogens is 725 g/mol. The van der Waals surface area contributed by atoms with Crippen LogP contribution >= 0.6 is 11.8 Å². The number of benzene rings is 2. The van der Waals surface area contributed by atoms with Crippen LogP contribution in [0, 0.1) is 6.92 Å². The number of amides is 5. The van der Waals surface area contributed by atoms with Gasteiger partial charge in [-0.2, -0.15) is 5.10 Å². The fourth-order valence-electron chi connectivity index (χ4n) is 4.82. The second kappa shape index (κ2) is 21.5. The van der Waals surface area contributed by atoms with Gasteiger partial charge in [-0.3, -0.25) is 28.8 Å². The first-order valence-corrected chi connectivity index (χ1v) is 19.5. The first-order valence-electron chi connectivity index (χ1n) is 17.0. The van der Waals surface area contributed by atoms with Gasteiger partial charge in [-0.05, 0) is 50.1 Å². The fraction of sp³-hybridized carbons (Fsp3) is 0.400. The third-order valence-electron chi connectivity index (χ3n) is 7.66. The Hall–Kier alpha value is -5.07. The number of carbonyl (C=O) groups excluding carboxylic acids is 6. The van der Waals surface area contributed by atoms with Crippen LogP contribution in [0.2, 0.25) is 0 Å². The van der Waals surface area contributed by atoms with E-state index in [0.29, 0.717) is 24.5 Å². The Morgan fingerprint density at radius 3 is 1.75 bits per heavy atom. The van der Waals surface area contributed by atoms with E-state index in [2.05, 4.69) is 31.7 Å². The Balaban J connectivity index is 1.29. The molecule has 1 heterocycles. The summed E-state index contributed by atoms with van der Waals surface area (Å²) >= 11 is 0.822. The first kappa shape index (κ1) is 42.3. The van der Waals surface area contributed by atoms with Crippen molar-refractivity contribution in [2.45, 2.75) is 57.3 Å². The predicted octanol–water partition coefficient (Wildman–Crippen LogP) is 1.31. The molecule has 0 saturated heterocycles. The number of nitrogens with one attached hydrogen (secondary N) is 5. The highest BCUT2D eigenvalue weighted by atomic mass is 32.2. The highest BCUT2D eigenvalue weighted by molar-refractivity contribution is 8.14. The molecule has 0 spiro atoms. The SMILES string of the molecule is CC(=O)SCC(=O)NCC(=O)NCC(=O)NCC(=O)NCCCCCCCCNC(=O)c1cc(-c2ccc(C)cc2)n(-c2ccc(S(N)(=O)=O)cc2)n1. The second-order valence-corrected chi connectivity index (χ2v) is 14.8. The standard InChI is InChI=1S/C35H46N8O8S2/c1-24-9-11-26(12-10-24)30-19-29(42-43(30)27-13-15-28(16-14-27)53(36,50)51)35(49)38-18-8-6-4-3-5-7-17-37-31(45)20-39-32(46)21-40-33(47)22-41-34(48)23-52-25(2)44/h9-16,19H,3-8,17-18,20-23H2,1-2H3,(H,37,45)(H,38,49)(H,39,46)(H,40,47)(H,41,48)(H2,36,50,51). The summed E-state index contributed by atoms with van der Waals surface area (Å²) < 4.78 is 25.0. The van der Waals surface area contributed by atoms with Gasteiger partial charge in [-0.15, -0.1) is 0 Å². The molecule has 1 aromatic heterocycles. The Bertz CT molecular complexity index is 1850. The van der Waals surface area contributed by atoms with Crippen molar-refractivity contribution in [1.29, 1.82) is 0 Å². The smallest absolute Gasteiger partial charge is 0.271 e.